The average molecular weight is 373 g/mol. The summed E-state index contributed by atoms with van der Waals surface area (Å²) in [4.78, 5) is 34.6. The lowest BCUT2D eigenvalue weighted by atomic mass is 10.1. The SMILES string of the molecule is COC(=O)c1ccc(Br)c(OCC(=O)OC(C)(C)C)c1C=O. The Bertz CT molecular complexity index is 588. The van der Waals surface area contributed by atoms with E-state index in [0.717, 1.165) is 0 Å². The molecular weight excluding hydrogens is 356 g/mol. The topological polar surface area (TPSA) is 78.9 Å². The number of carbonyl (C=O) groups is 3. The molecule has 1 aromatic rings. The zero-order valence-electron chi connectivity index (χ0n) is 12.8. The second-order valence-corrected chi connectivity index (χ2v) is 6.18. The van der Waals surface area contributed by atoms with Crippen LogP contribution in [-0.4, -0.2) is 37.5 Å². The van der Waals surface area contributed by atoms with Gasteiger partial charge < -0.3 is 14.2 Å². The second kappa shape index (κ2) is 7.40. The molecule has 0 radical (unpaired) electrons. The third-order valence-corrected chi connectivity index (χ3v) is 3.05. The number of esters is 2. The van der Waals surface area contributed by atoms with Gasteiger partial charge in [-0.25, -0.2) is 9.59 Å². The summed E-state index contributed by atoms with van der Waals surface area (Å²) >= 11 is 3.22. The number of hydrogen-bond acceptors (Lipinski definition) is 6. The molecule has 1 aromatic carbocycles. The van der Waals surface area contributed by atoms with E-state index in [1.807, 2.05) is 0 Å². The summed E-state index contributed by atoms with van der Waals surface area (Å²) in [7, 11) is 1.21. The summed E-state index contributed by atoms with van der Waals surface area (Å²) in [5, 5.41) is 0. The highest BCUT2D eigenvalue weighted by atomic mass is 79.9. The predicted molar refractivity (Wildman–Crippen MR) is 82.2 cm³/mol. The van der Waals surface area contributed by atoms with Crippen LogP contribution in [-0.2, 0) is 14.3 Å². The Morgan fingerprint density at radius 3 is 2.41 bits per heavy atom. The molecule has 0 amide bonds. The maximum atomic E-state index is 11.7. The molecule has 0 heterocycles. The van der Waals surface area contributed by atoms with Crippen molar-refractivity contribution in [2.75, 3.05) is 13.7 Å². The fraction of sp³-hybridized carbons (Fsp3) is 0.400. The summed E-state index contributed by atoms with van der Waals surface area (Å²) in [6.45, 7) is 4.81. The number of carbonyl (C=O) groups excluding carboxylic acids is 3. The second-order valence-electron chi connectivity index (χ2n) is 5.32. The molecular formula is C15H17BrO6. The molecule has 0 unspecified atom stereocenters. The Kier molecular flexibility index (Phi) is 6.11. The van der Waals surface area contributed by atoms with E-state index in [9.17, 15) is 14.4 Å². The van der Waals surface area contributed by atoms with Gasteiger partial charge in [0, 0.05) is 0 Å². The zero-order chi connectivity index (χ0) is 16.9. The average Bonchev–Trinajstić information content (AvgIpc) is 2.42. The van der Waals surface area contributed by atoms with Crippen LogP contribution in [0.2, 0.25) is 0 Å². The van der Waals surface area contributed by atoms with Gasteiger partial charge in [-0.3, -0.25) is 4.79 Å². The highest BCUT2D eigenvalue weighted by Gasteiger charge is 2.21. The molecule has 0 spiro atoms. The van der Waals surface area contributed by atoms with Gasteiger partial charge in [0.25, 0.3) is 0 Å². The van der Waals surface area contributed by atoms with Crippen molar-refractivity contribution in [3.63, 3.8) is 0 Å². The first kappa shape index (κ1) is 18.2. The molecule has 0 aliphatic heterocycles. The molecule has 0 bridgehead atoms. The minimum Gasteiger partial charge on any atom is -0.480 e. The Balaban J connectivity index is 3.01. The van der Waals surface area contributed by atoms with Gasteiger partial charge in [0.2, 0.25) is 0 Å². The fourth-order valence-corrected chi connectivity index (χ4v) is 2.09. The first-order chi connectivity index (χ1) is 10.2. The number of ether oxygens (including phenoxy) is 3. The van der Waals surface area contributed by atoms with Gasteiger partial charge >= 0.3 is 11.9 Å². The lowest BCUT2D eigenvalue weighted by Crippen LogP contribution is -2.27. The number of benzene rings is 1. The van der Waals surface area contributed by atoms with Crippen molar-refractivity contribution >= 4 is 34.2 Å². The Morgan fingerprint density at radius 2 is 1.91 bits per heavy atom. The van der Waals surface area contributed by atoms with Crippen molar-refractivity contribution in [1.82, 2.24) is 0 Å². The van der Waals surface area contributed by atoms with Crippen LogP contribution in [0.5, 0.6) is 5.75 Å². The Labute approximate surface area is 136 Å². The van der Waals surface area contributed by atoms with E-state index in [4.69, 9.17) is 9.47 Å². The summed E-state index contributed by atoms with van der Waals surface area (Å²) < 4.78 is 15.5. The zero-order valence-corrected chi connectivity index (χ0v) is 14.4. The van der Waals surface area contributed by atoms with Gasteiger partial charge in [-0.15, -0.1) is 0 Å². The first-order valence-electron chi connectivity index (χ1n) is 6.40. The van der Waals surface area contributed by atoms with E-state index in [2.05, 4.69) is 20.7 Å². The number of methoxy groups -OCH3 is 1. The van der Waals surface area contributed by atoms with Crippen molar-refractivity contribution < 1.29 is 28.6 Å². The number of halogens is 1. The molecule has 0 aromatic heterocycles. The van der Waals surface area contributed by atoms with Crippen LogP contribution >= 0.6 is 15.9 Å². The van der Waals surface area contributed by atoms with Crippen LogP contribution in [0.3, 0.4) is 0 Å². The van der Waals surface area contributed by atoms with Crippen LogP contribution in [0.4, 0.5) is 0 Å². The third-order valence-electron chi connectivity index (χ3n) is 2.43. The normalized spacial score (nSPS) is 10.8. The maximum absolute atomic E-state index is 11.7. The summed E-state index contributed by atoms with van der Waals surface area (Å²) in [6.07, 6.45) is 0.474. The summed E-state index contributed by atoms with van der Waals surface area (Å²) in [5.41, 5.74) is -0.580. The van der Waals surface area contributed by atoms with Gasteiger partial charge in [-0.05, 0) is 48.8 Å². The van der Waals surface area contributed by atoms with Gasteiger partial charge in [-0.1, -0.05) is 0 Å². The van der Waals surface area contributed by atoms with Crippen LogP contribution in [0, 0.1) is 0 Å². The van der Waals surface area contributed by atoms with Crippen molar-refractivity contribution in [2.24, 2.45) is 0 Å². The van der Waals surface area contributed by atoms with Crippen molar-refractivity contribution in [3.8, 4) is 5.75 Å². The van der Waals surface area contributed by atoms with Crippen LogP contribution in [0.15, 0.2) is 16.6 Å². The third kappa shape index (κ3) is 4.84. The van der Waals surface area contributed by atoms with Crippen LogP contribution < -0.4 is 4.74 Å². The molecule has 1 rings (SSSR count). The highest BCUT2D eigenvalue weighted by molar-refractivity contribution is 9.10. The molecule has 6 nitrogen and oxygen atoms in total. The molecule has 7 heteroatoms. The number of rotatable bonds is 5. The van der Waals surface area contributed by atoms with Gasteiger partial charge in [0.1, 0.15) is 11.4 Å². The van der Waals surface area contributed by atoms with E-state index < -0.39 is 17.5 Å². The molecule has 0 N–H and O–H groups in total. The fourth-order valence-electron chi connectivity index (χ4n) is 1.63. The van der Waals surface area contributed by atoms with E-state index in [-0.39, 0.29) is 23.5 Å². The molecule has 120 valence electrons. The van der Waals surface area contributed by atoms with E-state index in [0.29, 0.717) is 10.8 Å². The number of hydrogen-bond donors (Lipinski definition) is 0. The highest BCUT2D eigenvalue weighted by Crippen LogP contribution is 2.31. The molecule has 22 heavy (non-hydrogen) atoms. The van der Waals surface area contributed by atoms with Crippen LogP contribution in [0.25, 0.3) is 0 Å². The van der Waals surface area contributed by atoms with Crippen molar-refractivity contribution in [3.05, 3.63) is 27.7 Å². The molecule has 0 atom stereocenters. The van der Waals surface area contributed by atoms with Crippen molar-refractivity contribution in [2.45, 2.75) is 26.4 Å². The van der Waals surface area contributed by atoms with E-state index in [1.165, 1.54) is 19.2 Å². The van der Waals surface area contributed by atoms with Gasteiger partial charge in [-0.2, -0.15) is 0 Å². The quantitative estimate of drug-likeness (QED) is 0.583. The summed E-state index contributed by atoms with van der Waals surface area (Å²) in [6, 6.07) is 2.96. The molecule has 0 saturated heterocycles. The summed E-state index contributed by atoms with van der Waals surface area (Å²) in [5.74, 6) is -1.17. The van der Waals surface area contributed by atoms with Crippen LogP contribution in [0.1, 0.15) is 41.5 Å². The lowest BCUT2D eigenvalue weighted by Gasteiger charge is -2.20. The molecule has 0 aliphatic carbocycles. The lowest BCUT2D eigenvalue weighted by molar-refractivity contribution is -0.157. The number of aldehydes is 1. The standard InChI is InChI=1S/C15H17BrO6/c1-15(2,3)22-12(18)8-21-13-10(7-17)9(14(19)20-4)5-6-11(13)16/h5-7H,8H2,1-4H3. The molecule has 0 aliphatic rings. The minimum atomic E-state index is -0.670. The monoisotopic (exact) mass is 372 g/mol. The Morgan fingerprint density at radius 1 is 1.27 bits per heavy atom. The van der Waals surface area contributed by atoms with Gasteiger partial charge in [0.05, 0.1) is 22.7 Å². The maximum Gasteiger partial charge on any atom is 0.344 e. The van der Waals surface area contributed by atoms with Crippen molar-refractivity contribution in [1.29, 1.82) is 0 Å². The molecule has 0 saturated carbocycles. The largest absolute Gasteiger partial charge is 0.480 e. The predicted octanol–water partition coefficient (Wildman–Crippen LogP) is 2.77. The minimum absolute atomic E-state index is 0.00443. The Hall–Kier alpha value is -1.89. The first-order valence-corrected chi connectivity index (χ1v) is 7.19. The molecule has 0 fully saturated rings. The smallest absolute Gasteiger partial charge is 0.344 e. The van der Waals surface area contributed by atoms with E-state index >= 15 is 0 Å². The van der Waals surface area contributed by atoms with E-state index in [1.54, 1.807) is 20.8 Å². The van der Waals surface area contributed by atoms with Gasteiger partial charge in [0.15, 0.2) is 12.9 Å².